The van der Waals surface area contributed by atoms with Crippen LogP contribution in [-0.4, -0.2) is 53.5 Å². The van der Waals surface area contributed by atoms with Gasteiger partial charge in [0.05, 0.1) is 4.92 Å². The molecule has 7 heteroatoms. The topological polar surface area (TPSA) is 75.4 Å². The van der Waals surface area contributed by atoms with Gasteiger partial charge in [-0.15, -0.1) is 0 Å². The van der Waals surface area contributed by atoms with Gasteiger partial charge in [0.1, 0.15) is 5.82 Å². The first-order valence-corrected chi connectivity index (χ1v) is 8.48. The van der Waals surface area contributed by atoms with E-state index in [0.717, 1.165) is 43.1 Å². The number of aryl methyl sites for hydroxylation is 1. The van der Waals surface area contributed by atoms with Crippen LogP contribution >= 0.6 is 0 Å². The van der Waals surface area contributed by atoms with E-state index in [9.17, 15) is 10.1 Å². The molecular formula is C18H23N5O2. The summed E-state index contributed by atoms with van der Waals surface area (Å²) in [6, 6.07) is 8.45. The zero-order valence-corrected chi connectivity index (χ0v) is 14.8. The third kappa shape index (κ3) is 3.93. The number of nitrogens with zero attached hydrogens (tertiary/aromatic N) is 5. The number of nitro groups is 1. The fourth-order valence-corrected chi connectivity index (χ4v) is 3.08. The third-order valence-corrected chi connectivity index (χ3v) is 4.37. The number of non-ortho nitro benzene ring substituents is 1. The molecule has 1 aliphatic rings. The molecule has 1 fully saturated rings. The minimum absolute atomic E-state index is 0.0740. The van der Waals surface area contributed by atoms with Crippen LogP contribution in [0.1, 0.15) is 12.6 Å². The quantitative estimate of drug-likeness (QED) is 0.594. The van der Waals surface area contributed by atoms with Crippen LogP contribution in [0.5, 0.6) is 0 Å². The summed E-state index contributed by atoms with van der Waals surface area (Å²) < 4.78 is 0. The van der Waals surface area contributed by atoms with Crippen molar-refractivity contribution in [1.82, 2.24) is 14.9 Å². The van der Waals surface area contributed by atoms with Crippen molar-refractivity contribution >= 4 is 11.5 Å². The number of rotatable bonds is 6. The number of hydrogen-bond acceptors (Lipinski definition) is 6. The van der Waals surface area contributed by atoms with Gasteiger partial charge in [0.2, 0.25) is 0 Å². The van der Waals surface area contributed by atoms with Gasteiger partial charge in [-0.1, -0.05) is 6.92 Å². The Kier molecular flexibility index (Phi) is 4.94. The highest BCUT2D eigenvalue weighted by molar-refractivity contribution is 5.60. The zero-order valence-electron chi connectivity index (χ0n) is 14.8. The van der Waals surface area contributed by atoms with Gasteiger partial charge in [-0.05, 0) is 32.6 Å². The Labute approximate surface area is 147 Å². The summed E-state index contributed by atoms with van der Waals surface area (Å²) in [6.45, 7) is 5.14. The van der Waals surface area contributed by atoms with E-state index in [2.05, 4.69) is 35.8 Å². The van der Waals surface area contributed by atoms with E-state index in [1.165, 1.54) is 12.1 Å². The molecule has 2 heterocycles. The van der Waals surface area contributed by atoms with Crippen molar-refractivity contribution in [2.45, 2.75) is 13.3 Å². The maximum absolute atomic E-state index is 10.8. The molecule has 0 aliphatic carbocycles. The van der Waals surface area contributed by atoms with Gasteiger partial charge in [-0.25, -0.2) is 9.97 Å². The molecule has 0 bridgehead atoms. The molecule has 7 nitrogen and oxygen atoms in total. The Hall–Kier alpha value is -2.54. The van der Waals surface area contributed by atoms with Gasteiger partial charge in [0.25, 0.3) is 5.69 Å². The van der Waals surface area contributed by atoms with Crippen molar-refractivity contribution < 1.29 is 4.92 Å². The van der Waals surface area contributed by atoms with Crippen molar-refractivity contribution in [2.24, 2.45) is 5.92 Å². The molecule has 1 aromatic heterocycles. The lowest BCUT2D eigenvalue weighted by Crippen LogP contribution is -2.51. The Balaban J connectivity index is 1.82. The summed E-state index contributed by atoms with van der Waals surface area (Å²) in [5.74, 6) is 2.23. The second kappa shape index (κ2) is 7.14. The monoisotopic (exact) mass is 341 g/mol. The van der Waals surface area contributed by atoms with E-state index in [-0.39, 0.29) is 5.69 Å². The molecule has 1 aliphatic heterocycles. The van der Waals surface area contributed by atoms with Crippen molar-refractivity contribution in [1.29, 1.82) is 0 Å². The smallest absolute Gasteiger partial charge is 0.269 e. The molecule has 0 atom stereocenters. The van der Waals surface area contributed by atoms with E-state index >= 15 is 0 Å². The Morgan fingerprint density at radius 3 is 2.48 bits per heavy atom. The number of anilines is 1. The zero-order chi connectivity index (χ0) is 18.0. The van der Waals surface area contributed by atoms with Gasteiger partial charge in [0.15, 0.2) is 5.82 Å². The highest BCUT2D eigenvalue weighted by atomic mass is 16.6. The molecule has 0 spiro atoms. The molecule has 1 aromatic carbocycles. The van der Waals surface area contributed by atoms with Crippen LogP contribution in [0.3, 0.4) is 0 Å². The molecule has 0 radical (unpaired) electrons. The maximum Gasteiger partial charge on any atom is 0.269 e. The lowest BCUT2D eigenvalue weighted by atomic mass is 9.99. The van der Waals surface area contributed by atoms with E-state index in [4.69, 9.17) is 4.98 Å². The second-order valence-corrected chi connectivity index (χ2v) is 6.73. The van der Waals surface area contributed by atoms with Gasteiger partial charge < -0.3 is 9.80 Å². The molecule has 0 amide bonds. The largest absolute Gasteiger partial charge is 0.356 e. The number of aromatic nitrogens is 2. The third-order valence-electron chi connectivity index (χ3n) is 4.37. The first kappa shape index (κ1) is 17.3. The molecular weight excluding hydrogens is 318 g/mol. The summed E-state index contributed by atoms with van der Waals surface area (Å²) in [5.41, 5.74) is 1.85. The van der Waals surface area contributed by atoms with Crippen LogP contribution in [0.25, 0.3) is 11.4 Å². The summed E-state index contributed by atoms with van der Waals surface area (Å²) in [7, 11) is 4.18. The van der Waals surface area contributed by atoms with Crippen molar-refractivity contribution in [2.75, 3.05) is 38.6 Å². The normalized spacial score (nSPS) is 14.6. The first-order valence-electron chi connectivity index (χ1n) is 8.48. The van der Waals surface area contributed by atoms with Crippen LogP contribution < -0.4 is 4.90 Å². The average molecular weight is 341 g/mol. The minimum Gasteiger partial charge on any atom is -0.356 e. The lowest BCUT2D eigenvalue weighted by molar-refractivity contribution is -0.384. The first-order chi connectivity index (χ1) is 12.0. The second-order valence-electron chi connectivity index (χ2n) is 6.73. The summed E-state index contributed by atoms with van der Waals surface area (Å²) >= 11 is 0. The highest BCUT2D eigenvalue weighted by Gasteiger charge is 2.28. The van der Waals surface area contributed by atoms with Gasteiger partial charge in [-0.3, -0.25) is 10.1 Å². The summed E-state index contributed by atoms with van der Waals surface area (Å²) in [6.07, 6.45) is 0.824. The van der Waals surface area contributed by atoms with Crippen molar-refractivity contribution in [3.05, 3.63) is 46.1 Å². The molecule has 0 saturated carbocycles. The van der Waals surface area contributed by atoms with Crippen LogP contribution in [0.4, 0.5) is 11.5 Å². The van der Waals surface area contributed by atoms with Crippen LogP contribution in [0, 0.1) is 16.0 Å². The fraction of sp³-hybridized carbons (Fsp3) is 0.444. The predicted octanol–water partition coefficient (Wildman–Crippen LogP) is 2.61. The van der Waals surface area contributed by atoms with E-state index < -0.39 is 4.92 Å². The molecule has 0 unspecified atom stereocenters. The number of benzene rings is 1. The maximum atomic E-state index is 10.8. The van der Waals surface area contributed by atoms with E-state index in [0.29, 0.717) is 11.7 Å². The van der Waals surface area contributed by atoms with Gasteiger partial charge >= 0.3 is 0 Å². The minimum atomic E-state index is -0.399. The summed E-state index contributed by atoms with van der Waals surface area (Å²) in [4.78, 5) is 24.2. The molecule has 1 saturated heterocycles. The fourth-order valence-electron chi connectivity index (χ4n) is 3.08. The Morgan fingerprint density at radius 1 is 1.24 bits per heavy atom. The lowest BCUT2D eigenvalue weighted by Gasteiger charge is -2.41. The number of hydrogen-bond donors (Lipinski definition) is 0. The van der Waals surface area contributed by atoms with Crippen LogP contribution in [0.15, 0.2) is 30.3 Å². The molecule has 0 N–H and O–H groups in total. The molecule has 25 heavy (non-hydrogen) atoms. The van der Waals surface area contributed by atoms with Gasteiger partial charge in [0, 0.05) is 55.0 Å². The standard InChI is InChI=1S/C18H23N5O2/c1-4-15-9-17(22-11-13(12-22)10-21(2)3)20-18(19-15)14-5-7-16(8-6-14)23(24)25/h5-9,13H,4,10-12H2,1-3H3. The Morgan fingerprint density at radius 2 is 1.92 bits per heavy atom. The Bertz CT molecular complexity index is 755. The van der Waals surface area contributed by atoms with Crippen molar-refractivity contribution in [3.63, 3.8) is 0 Å². The van der Waals surface area contributed by atoms with Crippen molar-refractivity contribution in [3.8, 4) is 11.4 Å². The predicted molar refractivity (Wildman–Crippen MR) is 97.8 cm³/mol. The van der Waals surface area contributed by atoms with E-state index in [1.54, 1.807) is 12.1 Å². The molecule has 3 rings (SSSR count). The SMILES string of the molecule is CCc1cc(N2CC(CN(C)C)C2)nc(-c2ccc([N+](=O)[O-])cc2)n1. The average Bonchev–Trinajstić information content (AvgIpc) is 2.57. The molecule has 132 valence electrons. The molecule has 2 aromatic rings. The highest BCUT2D eigenvalue weighted by Crippen LogP contribution is 2.27. The van der Waals surface area contributed by atoms with Crippen LogP contribution in [-0.2, 0) is 6.42 Å². The number of nitro benzene ring substituents is 1. The van der Waals surface area contributed by atoms with E-state index in [1.807, 2.05) is 6.07 Å². The summed E-state index contributed by atoms with van der Waals surface area (Å²) in [5, 5.41) is 10.8. The van der Waals surface area contributed by atoms with Gasteiger partial charge in [-0.2, -0.15) is 0 Å². The van der Waals surface area contributed by atoms with Crippen LogP contribution in [0.2, 0.25) is 0 Å².